The number of hydrogen-bond acceptors (Lipinski definition) is 5. The summed E-state index contributed by atoms with van der Waals surface area (Å²) >= 11 is 0. The summed E-state index contributed by atoms with van der Waals surface area (Å²) in [4.78, 5) is 4.77. The van der Waals surface area contributed by atoms with Gasteiger partial charge in [-0.25, -0.2) is 14.1 Å². The predicted octanol–water partition coefficient (Wildman–Crippen LogP) is 3.14. The maximum atomic E-state index is 14.5. The highest BCUT2D eigenvalue weighted by molar-refractivity contribution is 5.85. The van der Waals surface area contributed by atoms with Gasteiger partial charge in [-0.15, -0.1) is 17.5 Å². The van der Waals surface area contributed by atoms with Crippen LogP contribution in [0.25, 0.3) is 17.1 Å². The van der Waals surface area contributed by atoms with Gasteiger partial charge in [0.05, 0.1) is 17.9 Å². The first kappa shape index (κ1) is 20.4. The smallest absolute Gasteiger partial charge is 0.185 e. The highest BCUT2D eigenvalue weighted by atomic mass is 35.5. The molecular weight excluding hydrogens is 383 g/mol. The second kappa shape index (κ2) is 8.38. The van der Waals surface area contributed by atoms with Gasteiger partial charge in [0.1, 0.15) is 17.3 Å². The number of H-pyrrole nitrogens is 1. The fourth-order valence-electron chi connectivity index (χ4n) is 3.78. The van der Waals surface area contributed by atoms with Gasteiger partial charge in [0, 0.05) is 24.8 Å². The number of nitrogens with one attached hydrogen (secondary N) is 1. The number of methoxy groups -OCH3 is 1. The third kappa shape index (κ3) is 3.67. The molecule has 9 heteroatoms. The van der Waals surface area contributed by atoms with E-state index in [0.717, 1.165) is 36.3 Å². The highest BCUT2D eigenvalue weighted by Crippen LogP contribution is 2.35. The first-order valence-electron chi connectivity index (χ1n) is 9.09. The van der Waals surface area contributed by atoms with Crippen LogP contribution in [0, 0.1) is 12.7 Å². The number of para-hydroxylation sites is 1. The van der Waals surface area contributed by atoms with E-state index in [1.807, 2.05) is 6.92 Å². The first-order chi connectivity index (χ1) is 13.1. The van der Waals surface area contributed by atoms with E-state index in [2.05, 4.69) is 15.3 Å². The quantitative estimate of drug-likeness (QED) is 0.694. The van der Waals surface area contributed by atoms with Crippen LogP contribution in [0.2, 0.25) is 0 Å². The summed E-state index contributed by atoms with van der Waals surface area (Å²) in [5.74, 6) is 0.996. The Labute approximate surface area is 168 Å². The minimum absolute atomic E-state index is 0. The molecule has 150 valence electrons. The van der Waals surface area contributed by atoms with Crippen molar-refractivity contribution in [3.8, 4) is 17.1 Å². The number of benzene rings is 1. The third-order valence-corrected chi connectivity index (χ3v) is 5.29. The van der Waals surface area contributed by atoms with Crippen LogP contribution in [-0.2, 0) is 4.74 Å². The predicted molar refractivity (Wildman–Crippen MR) is 106 cm³/mol. The molecule has 0 amide bonds. The molecule has 3 atom stereocenters. The number of rotatable bonds is 4. The van der Waals surface area contributed by atoms with Crippen molar-refractivity contribution in [1.82, 2.24) is 25.0 Å². The molecule has 2 heterocycles. The lowest BCUT2D eigenvalue weighted by Gasteiger charge is -2.32. The molecule has 4 rings (SSSR count). The Bertz CT molecular complexity index is 942. The molecule has 0 spiro atoms. The summed E-state index contributed by atoms with van der Waals surface area (Å²) in [6.45, 7) is 1.91. The summed E-state index contributed by atoms with van der Waals surface area (Å²) in [7, 11) is 1.69. The molecule has 2 aromatic heterocycles. The largest absolute Gasteiger partial charge is 0.380 e. The monoisotopic (exact) mass is 406 g/mol. The lowest BCUT2D eigenvalue weighted by molar-refractivity contribution is 0.0482. The van der Waals surface area contributed by atoms with Crippen molar-refractivity contribution in [2.24, 2.45) is 5.73 Å². The summed E-state index contributed by atoms with van der Waals surface area (Å²) in [5, 5.41) is 11.6. The SMILES string of the molecule is CO[C@@H]1CC[C@H](c2nc(-c3cn[nH]c3C)nn2-c2ccccc2F)C[C@H]1N.Cl. The maximum absolute atomic E-state index is 14.5. The number of ether oxygens (including phenoxy) is 1. The van der Waals surface area contributed by atoms with E-state index >= 15 is 0 Å². The van der Waals surface area contributed by atoms with Crippen LogP contribution in [0.15, 0.2) is 30.5 Å². The molecule has 7 nitrogen and oxygen atoms in total. The number of hydrogen-bond donors (Lipinski definition) is 2. The maximum Gasteiger partial charge on any atom is 0.185 e. The molecular formula is C19H24ClFN6O. The van der Waals surface area contributed by atoms with Crippen molar-refractivity contribution < 1.29 is 9.13 Å². The van der Waals surface area contributed by atoms with Crippen molar-refractivity contribution >= 4 is 12.4 Å². The average Bonchev–Trinajstić information content (AvgIpc) is 3.28. The van der Waals surface area contributed by atoms with Gasteiger partial charge in [-0.2, -0.15) is 5.10 Å². The molecule has 1 aliphatic carbocycles. The van der Waals surface area contributed by atoms with E-state index in [1.165, 1.54) is 6.07 Å². The van der Waals surface area contributed by atoms with Gasteiger partial charge >= 0.3 is 0 Å². The molecule has 0 bridgehead atoms. The molecule has 1 fully saturated rings. The van der Waals surface area contributed by atoms with Crippen LogP contribution in [0.1, 0.15) is 36.7 Å². The van der Waals surface area contributed by atoms with Gasteiger partial charge in [-0.3, -0.25) is 5.10 Å². The van der Waals surface area contributed by atoms with E-state index in [0.29, 0.717) is 11.5 Å². The van der Waals surface area contributed by atoms with Crippen LogP contribution >= 0.6 is 12.4 Å². The minimum Gasteiger partial charge on any atom is -0.380 e. The number of nitrogens with two attached hydrogens (primary N) is 1. The number of aromatic nitrogens is 5. The number of aryl methyl sites for hydroxylation is 1. The van der Waals surface area contributed by atoms with Gasteiger partial charge in [0.15, 0.2) is 5.82 Å². The highest BCUT2D eigenvalue weighted by Gasteiger charge is 2.33. The molecule has 1 aromatic carbocycles. The number of halogens is 2. The second-order valence-electron chi connectivity index (χ2n) is 7.01. The Balaban J connectivity index is 0.00000225. The second-order valence-corrected chi connectivity index (χ2v) is 7.01. The van der Waals surface area contributed by atoms with E-state index < -0.39 is 0 Å². The van der Waals surface area contributed by atoms with E-state index in [4.69, 9.17) is 15.5 Å². The molecule has 28 heavy (non-hydrogen) atoms. The normalized spacial score (nSPS) is 22.1. The van der Waals surface area contributed by atoms with E-state index in [9.17, 15) is 4.39 Å². The standard InChI is InChI=1S/C19H23FN6O.ClH/c1-11-13(10-22-24-11)18-23-19(12-7-8-17(27-2)15(21)9-12)26(25-18)16-6-4-3-5-14(16)20;/h3-6,10,12,15,17H,7-9,21H2,1-2H3,(H,22,24);1H/t12-,15+,17+;/m0./s1. The Morgan fingerprint density at radius 1 is 1.29 bits per heavy atom. The molecule has 0 radical (unpaired) electrons. The summed E-state index contributed by atoms with van der Waals surface area (Å²) in [6, 6.07) is 6.51. The average molecular weight is 407 g/mol. The molecule has 1 aliphatic rings. The van der Waals surface area contributed by atoms with Crippen LogP contribution in [0.5, 0.6) is 0 Å². The van der Waals surface area contributed by atoms with Crippen LogP contribution in [0.3, 0.4) is 0 Å². The molecule has 0 saturated heterocycles. The van der Waals surface area contributed by atoms with Crippen molar-refractivity contribution in [1.29, 1.82) is 0 Å². The summed E-state index contributed by atoms with van der Waals surface area (Å²) in [6.07, 6.45) is 4.15. The Morgan fingerprint density at radius 3 is 2.71 bits per heavy atom. The van der Waals surface area contributed by atoms with Gasteiger partial charge < -0.3 is 10.5 Å². The Hall–Kier alpha value is -2.29. The fourth-order valence-corrected chi connectivity index (χ4v) is 3.78. The summed E-state index contributed by atoms with van der Waals surface area (Å²) < 4.78 is 21.6. The van der Waals surface area contributed by atoms with Gasteiger partial charge in [-0.05, 0) is 38.3 Å². The van der Waals surface area contributed by atoms with Gasteiger partial charge in [0.2, 0.25) is 0 Å². The van der Waals surface area contributed by atoms with Crippen molar-refractivity contribution in [3.05, 3.63) is 47.8 Å². The molecule has 0 unspecified atom stereocenters. The number of nitrogens with zero attached hydrogens (tertiary/aromatic N) is 4. The van der Waals surface area contributed by atoms with E-state index in [-0.39, 0.29) is 36.3 Å². The van der Waals surface area contributed by atoms with Crippen LogP contribution in [0.4, 0.5) is 4.39 Å². The summed E-state index contributed by atoms with van der Waals surface area (Å²) in [5.41, 5.74) is 8.35. The van der Waals surface area contributed by atoms with E-state index in [1.54, 1.807) is 36.2 Å². The Morgan fingerprint density at radius 2 is 2.07 bits per heavy atom. The molecule has 3 aromatic rings. The lowest BCUT2D eigenvalue weighted by Crippen LogP contribution is -2.41. The van der Waals surface area contributed by atoms with Crippen molar-refractivity contribution in [2.75, 3.05) is 7.11 Å². The van der Waals surface area contributed by atoms with Crippen molar-refractivity contribution in [2.45, 2.75) is 44.2 Å². The zero-order valence-corrected chi connectivity index (χ0v) is 16.6. The third-order valence-electron chi connectivity index (χ3n) is 5.29. The first-order valence-corrected chi connectivity index (χ1v) is 9.09. The molecule has 0 aliphatic heterocycles. The molecule has 3 N–H and O–H groups in total. The lowest BCUT2D eigenvalue weighted by atomic mass is 9.83. The number of aromatic amines is 1. The zero-order chi connectivity index (χ0) is 19.0. The van der Waals surface area contributed by atoms with Crippen LogP contribution in [-0.4, -0.2) is 44.2 Å². The Kier molecular flexibility index (Phi) is 6.12. The zero-order valence-electron chi connectivity index (χ0n) is 15.8. The molecule has 1 saturated carbocycles. The van der Waals surface area contributed by atoms with Gasteiger partial charge in [0.25, 0.3) is 0 Å². The van der Waals surface area contributed by atoms with Gasteiger partial charge in [-0.1, -0.05) is 12.1 Å². The minimum atomic E-state index is -0.339. The van der Waals surface area contributed by atoms with Crippen molar-refractivity contribution in [3.63, 3.8) is 0 Å². The fraction of sp³-hybridized carbons (Fsp3) is 0.421. The topological polar surface area (TPSA) is 94.6 Å². The van der Waals surface area contributed by atoms with Crippen LogP contribution < -0.4 is 5.73 Å².